The smallest absolute Gasteiger partial charge is 0.328 e. The van der Waals surface area contributed by atoms with Crippen LogP contribution >= 0.6 is 0 Å². The average molecular weight is 673 g/mol. The summed E-state index contributed by atoms with van der Waals surface area (Å²) in [5.74, 6) is -2.42. The van der Waals surface area contributed by atoms with Crippen molar-refractivity contribution >= 4 is 23.8 Å². The lowest BCUT2D eigenvalue weighted by atomic mass is 10.0. The third-order valence-corrected chi connectivity index (χ3v) is 7.53. The Bertz CT molecular complexity index is 1000. The molecule has 2 atom stereocenters. The second-order valence-electron chi connectivity index (χ2n) is 11.9. The minimum Gasteiger partial charge on any atom is -0.480 e. The zero-order valence-electron chi connectivity index (χ0n) is 29.7. The van der Waals surface area contributed by atoms with Crippen molar-refractivity contribution in [1.29, 1.82) is 0 Å². The molecule has 0 heterocycles. The standard InChI is InChI=1S/C39H64N2O7/c1-3-5-7-9-10-11-12-13-14-15-16-17-18-19-20-21-27-31-38(45)48-34(28-24-8-6-4-2)29-25-22-23-26-30-36(43)40-32-37(44)41-35(33-42)39(46)47/h5,7,10-11,13-14,16-17,19-20,34-35,42H,3-4,6,8-9,12,15,18,21-33H2,1-2H3,(H,40,43)(H,41,44)(H,46,47)/b7-5-,11-10-,14-13-,17-16-,20-19-. The van der Waals surface area contributed by atoms with Crippen LogP contribution in [0.3, 0.4) is 0 Å². The van der Waals surface area contributed by atoms with Crippen LogP contribution in [0, 0.1) is 0 Å². The van der Waals surface area contributed by atoms with E-state index in [0.717, 1.165) is 96.3 Å². The number of carboxylic acids is 1. The van der Waals surface area contributed by atoms with Gasteiger partial charge in [-0.15, -0.1) is 0 Å². The minimum absolute atomic E-state index is 0.0709. The Morgan fingerprint density at radius 1 is 0.646 bits per heavy atom. The van der Waals surface area contributed by atoms with E-state index in [-0.39, 0.29) is 30.9 Å². The molecule has 4 N–H and O–H groups in total. The van der Waals surface area contributed by atoms with Crippen molar-refractivity contribution in [3.8, 4) is 0 Å². The topological polar surface area (TPSA) is 142 Å². The molecule has 48 heavy (non-hydrogen) atoms. The normalized spacial score (nSPS) is 13.2. The van der Waals surface area contributed by atoms with Crippen molar-refractivity contribution in [2.75, 3.05) is 13.2 Å². The van der Waals surface area contributed by atoms with Gasteiger partial charge in [-0.25, -0.2) is 4.79 Å². The first-order valence-electron chi connectivity index (χ1n) is 18.2. The number of carbonyl (C=O) groups is 4. The summed E-state index contributed by atoms with van der Waals surface area (Å²) < 4.78 is 5.87. The first-order chi connectivity index (χ1) is 23.3. The van der Waals surface area contributed by atoms with E-state index >= 15 is 0 Å². The molecule has 0 spiro atoms. The molecule has 0 aromatic heterocycles. The molecule has 0 aromatic rings. The van der Waals surface area contributed by atoms with Gasteiger partial charge >= 0.3 is 11.9 Å². The highest BCUT2D eigenvalue weighted by Crippen LogP contribution is 2.17. The second-order valence-corrected chi connectivity index (χ2v) is 11.9. The van der Waals surface area contributed by atoms with Gasteiger partial charge in [-0.3, -0.25) is 14.4 Å². The SMILES string of the molecule is CC/C=C\C/C=C\C/C=C\C/C=C\C/C=C\CCCC(=O)OC(CCCCCC)CCCCCCC(=O)NCC(=O)NC(CO)C(=O)O. The number of ether oxygens (including phenoxy) is 1. The molecule has 0 radical (unpaired) electrons. The zero-order chi connectivity index (χ0) is 35.5. The van der Waals surface area contributed by atoms with E-state index in [1.54, 1.807) is 0 Å². The number of aliphatic hydroxyl groups excluding tert-OH is 1. The highest BCUT2D eigenvalue weighted by Gasteiger charge is 2.19. The molecule has 9 heteroatoms. The van der Waals surface area contributed by atoms with E-state index in [1.807, 2.05) is 0 Å². The van der Waals surface area contributed by atoms with Crippen LogP contribution in [0.1, 0.15) is 136 Å². The largest absolute Gasteiger partial charge is 0.480 e. The molecule has 0 saturated carbocycles. The van der Waals surface area contributed by atoms with Gasteiger partial charge in [0.05, 0.1) is 13.2 Å². The number of aliphatic carboxylic acids is 1. The number of unbranched alkanes of at least 4 members (excludes halogenated alkanes) is 7. The molecule has 0 aliphatic carbocycles. The molecule has 0 aromatic carbocycles. The summed E-state index contributed by atoms with van der Waals surface area (Å²) in [6.45, 7) is 3.26. The van der Waals surface area contributed by atoms with E-state index in [0.29, 0.717) is 12.8 Å². The number of amides is 2. The summed E-state index contributed by atoms with van der Waals surface area (Å²) in [6.07, 6.45) is 38.5. The van der Waals surface area contributed by atoms with Gasteiger partial charge in [-0.2, -0.15) is 0 Å². The van der Waals surface area contributed by atoms with Gasteiger partial charge in [0.25, 0.3) is 0 Å². The van der Waals surface area contributed by atoms with E-state index < -0.39 is 24.5 Å². The predicted octanol–water partition coefficient (Wildman–Crippen LogP) is 7.81. The summed E-state index contributed by atoms with van der Waals surface area (Å²) in [4.78, 5) is 47.1. The summed E-state index contributed by atoms with van der Waals surface area (Å²) in [5, 5.41) is 22.4. The number of nitrogens with one attached hydrogen (secondary N) is 2. The third-order valence-electron chi connectivity index (χ3n) is 7.53. The van der Waals surface area contributed by atoms with Gasteiger partial charge in [0, 0.05) is 12.8 Å². The number of allylic oxidation sites excluding steroid dienone is 10. The summed E-state index contributed by atoms with van der Waals surface area (Å²) >= 11 is 0. The van der Waals surface area contributed by atoms with Crippen LogP contribution in [0.25, 0.3) is 0 Å². The van der Waals surface area contributed by atoms with Crippen LogP contribution in [0.2, 0.25) is 0 Å². The van der Waals surface area contributed by atoms with Crippen molar-refractivity contribution in [3.05, 3.63) is 60.8 Å². The number of carbonyl (C=O) groups excluding carboxylic acids is 3. The number of rotatable bonds is 31. The van der Waals surface area contributed by atoms with Crippen molar-refractivity contribution in [2.45, 2.75) is 148 Å². The molecule has 9 nitrogen and oxygen atoms in total. The Kier molecular flexibility index (Phi) is 31.0. The maximum absolute atomic E-state index is 12.5. The number of carboxylic acid groups (broad SMARTS) is 1. The van der Waals surface area contributed by atoms with Gasteiger partial charge in [0.15, 0.2) is 0 Å². The number of aliphatic hydroxyl groups is 1. The van der Waals surface area contributed by atoms with Crippen LogP contribution < -0.4 is 10.6 Å². The van der Waals surface area contributed by atoms with Gasteiger partial charge in [-0.05, 0) is 77.0 Å². The van der Waals surface area contributed by atoms with Gasteiger partial charge in [-0.1, -0.05) is 107 Å². The molecular formula is C39H64N2O7. The third kappa shape index (κ3) is 29.9. The Morgan fingerprint density at radius 2 is 1.19 bits per heavy atom. The van der Waals surface area contributed by atoms with Crippen LogP contribution in [-0.2, 0) is 23.9 Å². The van der Waals surface area contributed by atoms with E-state index in [4.69, 9.17) is 14.9 Å². The highest BCUT2D eigenvalue weighted by atomic mass is 16.5. The first kappa shape index (κ1) is 44.5. The molecule has 2 unspecified atom stereocenters. The Balaban J connectivity index is 4.17. The lowest BCUT2D eigenvalue weighted by Gasteiger charge is -2.18. The molecule has 272 valence electrons. The molecule has 0 aliphatic rings. The summed E-state index contributed by atoms with van der Waals surface area (Å²) in [7, 11) is 0. The van der Waals surface area contributed by atoms with E-state index in [2.05, 4.69) is 85.2 Å². The van der Waals surface area contributed by atoms with Crippen LogP contribution in [0.4, 0.5) is 0 Å². The maximum atomic E-state index is 12.5. The number of hydrogen-bond acceptors (Lipinski definition) is 6. The molecule has 2 amide bonds. The highest BCUT2D eigenvalue weighted by molar-refractivity contribution is 5.87. The van der Waals surface area contributed by atoms with Gasteiger partial charge < -0.3 is 25.6 Å². The summed E-state index contributed by atoms with van der Waals surface area (Å²) in [5.41, 5.74) is 0. The quantitative estimate of drug-likeness (QED) is 0.0334. The van der Waals surface area contributed by atoms with Crippen molar-refractivity contribution in [2.24, 2.45) is 0 Å². The molecule has 0 saturated heterocycles. The van der Waals surface area contributed by atoms with E-state index in [9.17, 15) is 19.2 Å². The second kappa shape index (κ2) is 33.4. The molecule has 0 fully saturated rings. The van der Waals surface area contributed by atoms with Gasteiger partial charge in [0.2, 0.25) is 11.8 Å². The maximum Gasteiger partial charge on any atom is 0.328 e. The first-order valence-corrected chi connectivity index (χ1v) is 18.2. The molecule has 0 rings (SSSR count). The lowest BCUT2D eigenvalue weighted by molar-refractivity contribution is -0.150. The Hall–Kier alpha value is -3.46. The van der Waals surface area contributed by atoms with Gasteiger partial charge in [0.1, 0.15) is 12.1 Å². The average Bonchev–Trinajstić information content (AvgIpc) is 3.07. The van der Waals surface area contributed by atoms with Crippen molar-refractivity contribution in [3.63, 3.8) is 0 Å². The lowest BCUT2D eigenvalue weighted by Crippen LogP contribution is -2.47. The van der Waals surface area contributed by atoms with E-state index in [1.165, 1.54) is 6.42 Å². The Morgan fingerprint density at radius 3 is 1.73 bits per heavy atom. The number of hydrogen-bond donors (Lipinski definition) is 4. The summed E-state index contributed by atoms with van der Waals surface area (Å²) in [6, 6.07) is -1.39. The zero-order valence-corrected chi connectivity index (χ0v) is 29.7. The molecular weight excluding hydrogens is 608 g/mol. The molecule has 0 aliphatic heterocycles. The molecule has 0 bridgehead atoms. The van der Waals surface area contributed by atoms with Crippen LogP contribution in [-0.4, -0.2) is 59.3 Å². The fourth-order valence-corrected chi connectivity index (χ4v) is 4.75. The fraction of sp³-hybridized carbons (Fsp3) is 0.641. The fourth-order valence-electron chi connectivity index (χ4n) is 4.75. The monoisotopic (exact) mass is 672 g/mol. The van der Waals surface area contributed by atoms with Crippen molar-refractivity contribution < 1.29 is 34.1 Å². The van der Waals surface area contributed by atoms with Crippen LogP contribution in [0.15, 0.2) is 60.8 Å². The predicted molar refractivity (Wildman–Crippen MR) is 194 cm³/mol. The number of esters is 1. The van der Waals surface area contributed by atoms with Crippen molar-refractivity contribution in [1.82, 2.24) is 10.6 Å². The minimum atomic E-state index is -1.39. The van der Waals surface area contributed by atoms with Crippen LogP contribution in [0.5, 0.6) is 0 Å². The Labute approximate surface area is 290 Å².